The van der Waals surface area contributed by atoms with Crippen LogP contribution >= 0.6 is 11.3 Å². The number of esters is 1. The monoisotopic (exact) mass is 375 g/mol. The van der Waals surface area contributed by atoms with Crippen molar-refractivity contribution in [3.8, 4) is 10.6 Å². The van der Waals surface area contributed by atoms with Gasteiger partial charge in [-0.3, -0.25) is 4.68 Å². The van der Waals surface area contributed by atoms with Crippen LogP contribution in [-0.2, 0) is 11.8 Å². The summed E-state index contributed by atoms with van der Waals surface area (Å²) in [5.41, 5.74) is 3.01. The van der Waals surface area contributed by atoms with Gasteiger partial charge in [0.05, 0.1) is 6.20 Å². The highest BCUT2D eigenvalue weighted by molar-refractivity contribution is 7.13. The molecule has 6 heteroatoms. The first kappa shape index (κ1) is 17.2. The zero-order valence-electron chi connectivity index (χ0n) is 14.6. The molecule has 2 heterocycles. The first-order valence-electron chi connectivity index (χ1n) is 8.46. The molecular formula is C21H17N3O2S. The summed E-state index contributed by atoms with van der Waals surface area (Å²) in [4.78, 5) is 17.2. The molecule has 134 valence electrons. The van der Waals surface area contributed by atoms with E-state index in [0.29, 0.717) is 5.69 Å². The van der Waals surface area contributed by atoms with E-state index in [1.54, 1.807) is 16.3 Å². The number of benzene rings is 2. The first-order valence-corrected chi connectivity index (χ1v) is 9.34. The number of hydrogen-bond donors (Lipinski definition) is 0. The molecule has 0 unspecified atom stereocenters. The van der Waals surface area contributed by atoms with Crippen molar-refractivity contribution in [1.82, 2.24) is 14.8 Å². The molecular weight excluding hydrogens is 358 g/mol. The minimum Gasteiger partial charge on any atom is -0.448 e. The zero-order valence-corrected chi connectivity index (χ0v) is 15.5. The van der Waals surface area contributed by atoms with Crippen LogP contribution in [0.2, 0.25) is 0 Å². The average Bonchev–Trinajstić information content (AvgIpc) is 3.36. The Hall–Kier alpha value is -3.25. The molecule has 0 fully saturated rings. The van der Waals surface area contributed by atoms with E-state index in [9.17, 15) is 4.79 Å². The van der Waals surface area contributed by atoms with E-state index in [1.807, 2.05) is 73.9 Å². The summed E-state index contributed by atoms with van der Waals surface area (Å²) in [6.07, 6.45) is 3.11. The van der Waals surface area contributed by atoms with E-state index in [0.717, 1.165) is 21.7 Å². The smallest absolute Gasteiger partial charge is 0.358 e. The van der Waals surface area contributed by atoms with E-state index in [2.05, 4.69) is 10.1 Å². The second-order valence-corrected chi connectivity index (χ2v) is 6.91. The van der Waals surface area contributed by atoms with Crippen molar-refractivity contribution in [3.05, 3.63) is 95.3 Å². The lowest BCUT2D eigenvalue weighted by atomic mass is 10.0. The maximum atomic E-state index is 12.8. The summed E-state index contributed by atoms with van der Waals surface area (Å²) >= 11 is 1.40. The first-order chi connectivity index (χ1) is 13.2. The average molecular weight is 375 g/mol. The minimum absolute atomic E-state index is 0.302. The molecule has 0 amide bonds. The van der Waals surface area contributed by atoms with Crippen LogP contribution in [0.25, 0.3) is 10.6 Å². The fraction of sp³-hybridized carbons (Fsp3) is 0.0952. The number of aryl methyl sites for hydroxylation is 1. The summed E-state index contributed by atoms with van der Waals surface area (Å²) in [5.74, 6) is -0.445. The molecule has 0 aliphatic carbocycles. The van der Waals surface area contributed by atoms with Gasteiger partial charge in [-0.25, -0.2) is 9.78 Å². The van der Waals surface area contributed by atoms with Gasteiger partial charge in [-0.05, 0) is 11.1 Å². The molecule has 0 N–H and O–H groups in total. The van der Waals surface area contributed by atoms with Crippen molar-refractivity contribution >= 4 is 17.3 Å². The lowest BCUT2D eigenvalue weighted by Crippen LogP contribution is -2.13. The number of carbonyl (C=O) groups excluding carboxylic acids is 1. The van der Waals surface area contributed by atoms with Crippen LogP contribution in [0.1, 0.15) is 27.7 Å². The van der Waals surface area contributed by atoms with Crippen LogP contribution in [0, 0.1) is 0 Å². The number of hydrogen-bond acceptors (Lipinski definition) is 5. The molecule has 0 saturated carbocycles. The molecule has 2 aromatic heterocycles. The van der Waals surface area contributed by atoms with Gasteiger partial charge in [0.25, 0.3) is 0 Å². The molecule has 2 aromatic carbocycles. The SMILES string of the molecule is Cn1cc(-c2nc(C(=O)OC(c3ccccc3)c3ccccc3)cs2)cn1. The third kappa shape index (κ3) is 3.80. The zero-order chi connectivity index (χ0) is 18.6. The Morgan fingerprint density at radius 2 is 1.67 bits per heavy atom. The van der Waals surface area contributed by atoms with Crippen molar-refractivity contribution in [1.29, 1.82) is 0 Å². The highest BCUT2D eigenvalue weighted by Gasteiger charge is 2.22. The van der Waals surface area contributed by atoms with Crippen molar-refractivity contribution < 1.29 is 9.53 Å². The fourth-order valence-corrected chi connectivity index (χ4v) is 3.55. The second-order valence-electron chi connectivity index (χ2n) is 6.05. The van der Waals surface area contributed by atoms with Gasteiger partial charge in [0.2, 0.25) is 0 Å². The van der Waals surface area contributed by atoms with Crippen LogP contribution < -0.4 is 0 Å². The van der Waals surface area contributed by atoms with Gasteiger partial charge < -0.3 is 4.74 Å². The summed E-state index contributed by atoms with van der Waals surface area (Å²) in [6, 6.07) is 19.4. The Balaban J connectivity index is 1.60. The molecule has 0 aliphatic heterocycles. The normalized spacial score (nSPS) is 10.9. The maximum Gasteiger partial charge on any atom is 0.358 e. The van der Waals surface area contributed by atoms with Gasteiger partial charge in [0.15, 0.2) is 11.8 Å². The molecule has 4 aromatic rings. The van der Waals surface area contributed by atoms with E-state index < -0.39 is 12.1 Å². The largest absolute Gasteiger partial charge is 0.448 e. The Kier molecular flexibility index (Phi) is 4.80. The van der Waals surface area contributed by atoms with Crippen molar-refractivity contribution in [3.63, 3.8) is 0 Å². The number of nitrogens with zero attached hydrogens (tertiary/aromatic N) is 3. The molecule has 0 radical (unpaired) electrons. The Labute approximate surface area is 160 Å². The van der Waals surface area contributed by atoms with Crippen molar-refractivity contribution in [2.45, 2.75) is 6.10 Å². The number of rotatable bonds is 5. The van der Waals surface area contributed by atoms with Gasteiger partial charge in [-0.15, -0.1) is 11.3 Å². The third-order valence-electron chi connectivity index (χ3n) is 4.09. The molecule has 0 aliphatic rings. The highest BCUT2D eigenvalue weighted by Crippen LogP contribution is 2.28. The molecule has 27 heavy (non-hydrogen) atoms. The topological polar surface area (TPSA) is 57.0 Å². The number of thiazole rings is 1. The molecule has 4 rings (SSSR count). The van der Waals surface area contributed by atoms with Crippen molar-refractivity contribution in [2.24, 2.45) is 7.05 Å². The van der Waals surface area contributed by atoms with E-state index in [1.165, 1.54) is 11.3 Å². The molecule has 0 atom stereocenters. The van der Waals surface area contributed by atoms with Gasteiger partial charge >= 0.3 is 5.97 Å². The molecule has 5 nitrogen and oxygen atoms in total. The van der Waals surface area contributed by atoms with Crippen LogP contribution in [0.15, 0.2) is 78.4 Å². The lowest BCUT2D eigenvalue weighted by molar-refractivity contribution is 0.0372. The van der Waals surface area contributed by atoms with E-state index >= 15 is 0 Å². The van der Waals surface area contributed by atoms with Crippen LogP contribution in [0.3, 0.4) is 0 Å². The van der Waals surface area contributed by atoms with Gasteiger partial charge in [0, 0.05) is 24.2 Å². The lowest BCUT2D eigenvalue weighted by Gasteiger charge is -2.18. The summed E-state index contributed by atoms with van der Waals surface area (Å²) in [6.45, 7) is 0. The Morgan fingerprint density at radius 1 is 1.04 bits per heavy atom. The van der Waals surface area contributed by atoms with Gasteiger partial charge in [0.1, 0.15) is 5.01 Å². The van der Waals surface area contributed by atoms with E-state index in [4.69, 9.17) is 4.74 Å². The second kappa shape index (κ2) is 7.55. The van der Waals surface area contributed by atoms with Gasteiger partial charge in [-0.1, -0.05) is 60.7 Å². The molecule has 0 saturated heterocycles. The Bertz CT molecular complexity index is 1000. The summed E-state index contributed by atoms with van der Waals surface area (Å²) in [7, 11) is 1.84. The van der Waals surface area contributed by atoms with Crippen LogP contribution in [0.5, 0.6) is 0 Å². The standard InChI is InChI=1S/C21H17N3O2S/c1-24-13-17(12-22-24)20-23-18(14-27-20)21(25)26-19(15-8-4-2-5-9-15)16-10-6-3-7-11-16/h2-14,19H,1H3. The summed E-state index contributed by atoms with van der Waals surface area (Å²) in [5, 5.41) is 6.60. The number of carbonyl (C=O) groups is 1. The quantitative estimate of drug-likeness (QED) is 0.482. The maximum absolute atomic E-state index is 12.8. The number of aromatic nitrogens is 3. The van der Waals surface area contributed by atoms with E-state index in [-0.39, 0.29) is 0 Å². The number of ether oxygens (including phenoxy) is 1. The predicted octanol–water partition coefficient (Wildman–Crippen LogP) is 4.49. The third-order valence-corrected chi connectivity index (χ3v) is 4.99. The van der Waals surface area contributed by atoms with Crippen LogP contribution in [-0.4, -0.2) is 20.7 Å². The fourth-order valence-electron chi connectivity index (χ4n) is 2.78. The summed E-state index contributed by atoms with van der Waals surface area (Å²) < 4.78 is 7.55. The molecule has 0 spiro atoms. The predicted molar refractivity (Wildman–Crippen MR) is 104 cm³/mol. The van der Waals surface area contributed by atoms with Gasteiger partial charge in [-0.2, -0.15) is 5.10 Å². The van der Waals surface area contributed by atoms with Crippen LogP contribution in [0.4, 0.5) is 0 Å². The minimum atomic E-state index is -0.483. The van der Waals surface area contributed by atoms with Crippen molar-refractivity contribution in [2.75, 3.05) is 0 Å². The highest BCUT2D eigenvalue weighted by atomic mass is 32.1. The molecule has 0 bridgehead atoms. The Morgan fingerprint density at radius 3 is 2.22 bits per heavy atom.